The maximum atomic E-state index is 9.21. The van der Waals surface area contributed by atoms with Crippen molar-refractivity contribution in [2.75, 3.05) is 5.32 Å². The standard InChI is InChI=1S/C15H19BrN2/c16-14-9-6-10-15(13(14)11-17)18-12-7-4-2-1-3-5-8-12/h6,9-10,12,18H,1-5,7-8H2. The van der Waals surface area contributed by atoms with E-state index < -0.39 is 0 Å². The maximum absolute atomic E-state index is 9.21. The van der Waals surface area contributed by atoms with Crippen molar-refractivity contribution in [3.05, 3.63) is 28.2 Å². The fourth-order valence-electron chi connectivity index (χ4n) is 2.58. The van der Waals surface area contributed by atoms with E-state index in [1.807, 2.05) is 18.2 Å². The number of hydrogen-bond acceptors (Lipinski definition) is 2. The monoisotopic (exact) mass is 306 g/mol. The van der Waals surface area contributed by atoms with Gasteiger partial charge in [-0.15, -0.1) is 0 Å². The molecule has 0 saturated heterocycles. The Morgan fingerprint density at radius 3 is 2.44 bits per heavy atom. The van der Waals surface area contributed by atoms with E-state index in [9.17, 15) is 5.26 Å². The van der Waals surface area contributed by atoms with Crippen LogP contribution in [0.5, 0.6) is 0 Å². The summed E-state index contributed by atoms with van der Waals surface area (Å²) >= 11 is 3.44. The number of nitrogens with one attached hydrogen (secondary N) is 1. The molecule has 1 aliphatic carbocycles. The van der Waals surface area contributed by atoms with Gasteiger partial charge in [0.2, 0.25) is 0 Å². The molecule has 18 heavy (non-hydrogen) atoms. The predicted octanol–water partition coefficient (Wildman–Crippen LogP) is 4.85. The van der Waals surface area contributed by atoms with Crippen molar-refractivity contribution in [3.8, 4) is 6.07 Å². The van der Waals surface area contributed by atoms with Gasteiger partial charge in [-0.05, 0) is 40.9 Å². The fourth-order valence-corrected chi connectivity index (χ4v) is 3.03. The third-order valence-corrected chi connectivity index (χ3v) is 4.25. The van der Waals surface area contributed by atoms with Crippen molar-refractivity contribution < 1.29 is 0 Å². The van der Waals surface area contributed by atoms with E-state index in [0.29, 0.717) is 6.04 Å². The van der Waals surface area contributed by atoms with E-state index in [-0.39, 0.29) is 0 Å². The zero-order chi connectivity index (χ0) is 12.8. The molecule has 96 valence electrons. The van der Waals surface area contributed by atoms with E-state index in [4.69, 9.17) is 0 Å². The van der Waals surface area contributed by atoms with Gasteiger partial charge in [-0.1, -0.05) is 38.2 Å². The number of benzene rings is 1. The topological polar surface area (TPSA) is 35.8 Å². The van der Waals surface area contributed by atoms with Gasteiger partial charge < -0.3 is 5.32 Å². The van der Waals surface area contributed by atoms with Gasteiger partial charge >= 0.3 is 0 Å². The third-order valence-electron chi connectivity index (χ3n) is 3.59. The van der Waals surface area contributed by atoms with Gasteiger partial charge in [-0.2, -0.15) is 5.26 Å². The number of hydrogen-bond donors (Lipinski definition) is 1. The Bertz CT molecular complexity index is 429. The zero-order valence-electron chi connectivity index (χ0n) is 10.6. The highest BCUT2D eigenvalue weighted by atomic mass is 79.9. The van der Waals surface area contributed by atoms with E-state index in [1.54, 1.807) is 0 Å². The van der Waals surface area contributed by atoms with Crippen LogP contribution in [0.1, 0.15) is 50.5 Å². The summed E-state index contributed by atoms with van der Waals surface area (Å²) in [5, 5.41) is 12.8. The van der Waals surface area contributed by atoms with Crippen LogP contribution in [-0.2, 0) is 0 Å². The molecule has 0 atom stereocenters. The first-order chi connectivity index (χ1) is 8.81. The molecule has 0 spiro atoms. The molecular formula is C15H19BrN2. The van der Waals surface area contributed by atoms with Crippen molar-refractivity contribution in [1.29, 1.82) is 5.26 Å². The molecule has 1 aromatic carbocycles. The number of rotatable bonds is 2. The average molecular weight is 307 g/mol. The van der Waals surface area contributed by atoms with Gasteiger partial charge in [-0.25, -0.2) is 0 Å². The van der Waals surface area contributed by atoms with Crippen molar-refractivity contribution in [1.82, 2.24) is 0 Å². The van der Waals surface area contributed by atoms with Crippen LogP contribution in [0.25, 0.3) is 0 Å². The number of halogens is 1. The minimum atomic E-state index is 0.520. The summed E-state index contributed by atoms with van der Waals surface area (Å²) in [4.78, 5) is 0. The number of nitriles is 1. The largest absolute Gasteiger partial charge is 0.381 e. The highest BCUT2D eigenvalue weighted by Gasteiger charge is 2.13. The Labute approximate surface area is 118 Å². The minimum absolute atomic E-state index is 0.520. The summed E-state index contributed by atoms with van der Waals surface area (Å²) in [6.07, 6.45) is 9.12. The van der Waals surface area contributed by atoms with Gasteiger partial charge in [0.05, 0.1) is 11.3 Å². The SMILES string of the molecule is N#Cc1c(Br)cccc1NC1CCCCCCC1. The molecule has 0 heterocycles. The van der Waals surface area contributed by atoms with Gasteiger partial charge in [0.15, 0.2) is 0 Å². The molecule has 1 aliphatic rings. The fraction of sp³-hybridized carbons (Fsp3) is 0.533. The van der Waals surface area contributed by atoms with Gasteiger partial charge in [-0.3, -0.25) is 0 Å². The zero-order valence-corrected chi connectivity index (χ0v) is 12.2. The molecule has 2 rings (SSSR count). The van der Waals surface area contributed by atoms with Crippen LogP contribution in [0.3, 0.4) is 0 Å². The molecule has 1 saturated carbocycles. The maximum Gasteiger partial charge on any atom is 0.103 e. The predicted molar refractivity (Wildman–Crippen MR) is 78.6 cm³/mol. The van der Waals surface area contributed by atoms with E-state index in [1.165, 1.54) is 44.9 Å². The number of anilines is 1. The van der Waals surface area contributed by atoms with Gasteiger partial charge in [0.1, 0.15) is 6.07 Å². The molecule has 0 unspecified atom stereocenters. The molecule has 1 fully saturated rings. The molecule has 1 N–H and O–H groups in total. The summed E-state index contributed by atoms with van der Waals surface area (Å²) in [7, 11) is 0. The van der Waals surface area contributed by atoms with Crippen LogP contribution in [0.4, 0.5) is 5.69 Å². The highest BCUT2D eigenvalue weighted by Crippen LogP contribution is 2.27. The molecule has 0 aliphatic heterocycles. The van der Waals surface area contributed by atoms with Gasteiger partial charge in [0.25, 0.3) is 0 Å². The Morgan fingerprint density at radius 2 is 1.78 bits per heavy atom. The Morgan fingerprint density at radius 1 is 1.11 bits per heavy atom. The first kappa shape index (κ1) is 13.4. The molecular weight excluding hydrogens is 288 g/mol. The molecule has 0 radical (unpaired) electrons. The van der Waals surface area contributed by atoms with Crippen molar-refractivity contribution in [2.24, 2.45) is 0 Å². The number of nitrogens with zero attached hydrogens (tertiary/aromatic N) is 1. The van der Waals surface area contributed by atoms with Crippen LogP contribution >= 0.6 is 15.9 Å². The smallest absolute Gasteiger partial charge is 0.103 e. The van der Waals surface area contributed by atoms with Crippen LogP contribution in [0.15, 0.2) is 22.7 Å². The van der Waals surface area contributed by atoms with Crippen molar-refractivity contribution >= 4 is 21.6 Å². The summed E-state index contributed by atoms with van der Waals surface area (Å²) in [6, 6.07) is 8.70. The lowest BCUT2D eigenvalue weighted by Crippen LogP contribution is -2.21. The van der Waals surface area contributed by atoms with Crippen LogP contribution in [0.2, 0.25) is 0 Å². The highest BCUT2D eigenvalue weighted by molar-refractivity contribution is 9.10. The lowest BCUT2D eigenvalue weighted by atomic mass is 9.96. The average Bonchev–Trinajstić information content (AvgIpc) is 2.32. The summed E-state index contributed by atoms with van der Waals surface area (Å²) in [5.74, 6) is 0. The summed E-state index contributed by atoms with van der Waals surface area (Å²) in [5.41, 5.74) is 1.69. The summed E-state index contributed by atoms with van der Waals surface area (Å²) in [6.45, 7) is 0. The quantitative estimate of drug-likeness (QED) is 0.848. The Kier molecular flexibility index (Phi) is 5.07. The molecule has 3 heteroatoms. The van der Waals surface area contributed by atoms with E-state index in [0.717, 1.165) is 15.7 Å². The molecule has 1 aromatic rings. The van der Waals surface area contributed by atoms with Crippen LogP contribution in [0, 0.1) is 11.3 Å². The molecule has 0 amide bonds. The van der Waals surface area contributed by atoms with Crippen molar-refractivity contribution in [2.45, 2.75) is 51.0 Å². The van der Waals surface area contributed by atoms with Crippen molar-refractivity contribution in [3.63, 3.8) is 0 Å². The van der Waals surface area contributed by atoms with Crippen LogP contribution in [-0.4, -0.2) is 6.04 Å². The van der Waals surface area contributed by atoms with E-state index in [2.05, 4.69) is 27.3 Å². The minimum Gasteiger partial charge on any atom is -0.381 e. The lowest BCUT2D eigenvalue weighted by Gasteiger charge is -2.22. The molecule has 0 aromatic heterocycles. The lowest BCUT2D eigenvalue weighted by molar-refractivity contribution is 0.471. The first-order valence-electron chi connectivity index (χ1n) is 6.76. The first-order valence-corrected chi connectivity index (χ1v) is 7.55. The Balaban J connectivity index is 2.08. The second kappa shape index (κ2) is 6.80. The molecule has 2 nitrogen and oxygen atoms in total. The van der Waals surface area contributed by atoms with Crippen LogP contribution < -0.4 is 5.32 Å². The van der Waals surface area contributed by atoms with E-state index >= 15 is 0 Å². The summed E-state index contributed by atoms with van der Waals surface area (Å²) < 4.78 is 0.876. The second-order valence-corrected chi connectivity index (χ2v) is 5.81. The second-order valence-electron chi connectivity index (χ2n) is 4.96. The molecule has 0 bridgehead atoms. The normalized spacial score (nSPS) is 17.6. The van der Waals surface area contributed by atoms with Gasteiger partial charge in [0, 0.05) is 10.5 Å². The Hall–Kier alpha value is -1.01. The third kappa shape index (κ3) is 3.49.